The van der Waals surface area contributed by atoms with Gasteiger partial charge in [-0.25, -0.2) is 9.97 Å². The van der Waals surface area contributed by atoms with E-state index in [9.17, 15) is 0 Å². The van der Waals surface area contributed by atoms with Gasteiger partial charge >= 0.3 is 0 Å². The molecule has 1 saturated carbocycles. The van der Waals surface area contributed by atoms with E-state index in [4.69, 9.17) is 14.7 Å². The number of aromatic nitrogens is 2. The van der Waals surface area contributed by atoms with Crippen molar-refractivity contribution in [2.75, 3.05) is 31.8 Å². The Hall–Kier alpha value is -0.890. The van der Waals surface area contributed by atoms with Crippen molar-refractivity contribution in [1.82, 2.24) is 15.3 Å². The van der Waals surface area contributed by atoms with E-state index in [0.29, 0.717) is 6.04 Å². The SMILES string of the molecule is COCCNCc1cc2c(NC3CCCCCCC3)nc(SC)nc2s1. The fraction of sp³-hybridized carbons (Fsp3) is 0.684. The first-order chi connectivity index (χ1) is 12.8. The number of anilines is 1. The lowest BCUT2D eigenvalue weighted by atomic mass is 9.97. The quantitative estimate of drug-likeness (QED) is 0.385. The van der Waals surface area contributed by atoms with Gasteiger partial charge in [-0.1, -0.05) is 43.9 Å². The van der Waals surface area contributed by atoms with Gasteiger partial charge in [-0.05, 0) is 25.2 Å². The molecule has 0 atom stereocenters. The molecule has 0 saturated heterocycles. The summed E-state index contributed by atoms with van der Waals surface area (Å²) in [5.41, 5.74) is 0. The Labute approximate surface area is 164 Å². The van der Waals surface area contributed by atoms with Crippen LogP contribution in [0.1, 0.15) is 49.8 Å². The monoisotopic (exact) mass is 394 g/mol. The average Bonchev–Trinajstić information content (AvgIpc) is 3.04. The lowest BCUT2D eigenvalue weighted by Crippen LogP contribution is -2.21. The largest absolute Gasteiger partial charge is 0.383 e. The topological polar surface area (TPSA) is 59.1 Å². The van der Waals surface area contributed by atoms with Crippen LogP contribution in [-0.2, 0) is 11.3 Å². The number of nitrogens with zero attached hydrogens (tertiary/aromatic N) is 2. The highest BCUT2D eigenvalue weighted by atomic mass is 32.2. The minimum absolute atomic E-state index is 0.534. The number of ether oxygens (including phenoxy) is 1. The van der Waals surface area contributed by atoms with E-state index < -0.39 is 0 Å². The zero-order valence-electron chi connectivity index (χ0n) is 15.8. The van der Waals surface area contributed by atoms with Gasteiger partial charge in [-0.15, -0.1) is 11.3 Å². The standard InChI is InChI=1S/C19H30N4OS2/c1-24-11-10-20-13-15-12-16-17(22-19(25-2)23-18(16)26-15)21-14-8-6-4-3-5-7-9-14/h12,14,20H,3-11,13H2,1-2H3,(H,21,22,23). The van der Waals surface area contributed by atoms with Gasteiger partial charge < -0.3 is 15.4 Å². The summed E-state index contributed by atoms with van der Waals surface area (Å²) in [5, 5.41) is 9.20. The van der Waals surface area contributed by atoms with Gasteiger partial charge in [0.2, 0.25) is 0 Å². The number of thioether (sulfide) groups is 1. The Bertz CT molecular complexity index is 683. The first-order valence-corrected chi connectivity index (χ1v) is 11.6. The maximum atomic E-state index is 5.10. The third kappa shape index (κ3) is 5.55. The van der Waals surface area contributed by atoms with Gasteiger partial charge in [-0.3, -0.25) is 0 Å². The van der Waals surface area contributed by atoms with E-state index in [2.05, 4.69) is 16.7 Å². The molecule has 2 aromatic heterocycles. The van der Waals surface area contributed by atoms with Crippen LogP contribution in [0.4, 0.5) is 5.82 Å². The molecule has 144 valence electrons. The molecule has 5 nitrogen and oxygen atoms in total. The summed E-state index contributed by atoms with van der Waals surface area (Å²) < 4.78 is 5.10. The molecule has 0 bridgehead atoms. The molecule has 1 aliphatic rings. The summed E-state index contributed by atoms with van der Waals surface area (Å²) in [7, 11) is 1.73. The molecule has 2 aromatic rings. The van der Waals surface area contributed by atoms with Crippen LogP contribution < -0.4 is 10.6 Å². The molecule has 0 aliphatic heterocycles. The molecule has 0 spiro atoms. The fourth-order valence-corrected chi connectivity index (χ4v) is 4.84. The number of thiophene rings is 1. The second kappa shape index (κ2) is 10.4. The minimum Gasteiger partial charge on any atom is -0.383 e. The molecule has 2 heterocycles. The molecule has 1 fully saturated rings. The fourth-order valence-electron chi connectivity index (χ4n) is 3.42. The number of nitrogens with one attached hydrogen (secondary N) is 2. The zero-order chi connectivity index (χ0) is 18.2. The van der Waals surface area contributed by atoms with Crippen LogP contribution in [0.25, 0.3) is 10.2 Å². The van der Waals surface area contributed by atoms with Crippen LogP contribution >= 0.6 is 23.1 Å². The van der Waals surface area contributed by atoms with E-state index >= 15 is 0 Å². The molecule has 2 N–H and O–H groups in total. The molecular formula is C19H30N4OS2. The van der Waals surface area contributed by atoms with Gasteiger partial charge in [0.25, 0.3) is 0 Å². The van der Waals surface area contributed by atoms with Crippen molar-refractivity contribution >= 4 is 39.1 Å². The smallest absolute Gasteiger partial charge is 0.190 e. The molecule has 26 heavy (non-hydrogen) atoms. The number of hydrogen-bond acceptors (Lipinski definition) is 7. The second-order valence-electron chi connectivity index (χ2n) is 6.85. The van der Waals surface area contributed by atoms with Crippen LogP contribution in [0.2, 0.25) is 0 Å². The number of hydrogen-bond donors (Lipinski definition) is 2. The summed E-state index contributed by atoms with van der Waals surface area (Å²) in [4.78, 5) is 11.9. The average molecular weight is 395 g/mol. The van der Waals surface area contributed by atoms with Crippen LogP contribution in [0, 0.1) is 0 Å². The number of methoxy groups -OCH3 is 1. The summed E-state index contributed by atoms with van der Waals surface area (Å²) >= 11 is 3.37. The van der Waals surface area contributed by atoms with Crippen molar-refractivity contribution in [2.24, 2.45) is 0 Å². The molecule has 7 heteroatoms. The van der Waals surface area contributed by atoms with Crippen molar-refractivity contribution in [2.45, 2.75) is 62.7 Å². The third-order valence-electron chi connectivity index (χ3n) is 4.83. The first kappa shape index (κ1) is 19.9. The highest BCUT2D eigenvalue weighted by Gasteiger charge is 2.16. The normalized spacial score (nSPS) is 16.5. The predicted octanol–water partition coefficient (Wildman–Crippen LogP) is 4.67. The first-order valence-electron chi connectivity index (χ1n) is 9.61. The van der Waals surface area contributed by atoms with Crippen LogP contribution in [0.3, 0.4) is 0 Å². The van der Waals surface area contributed by atoms with Crippen LogP contribution in [0.5, 0.6) is 0 Å². The second-order valence-corrected chi connectivity index (χ2v) is 8.74. The Morgan fingerprint density at radius 1 is 1.19 bits per heavy atom. The highest BCUT2D eigenvalue weighted by molar-refractivity contribution is 7.98. The number of fused-ring (bicyclic) bond motifs is 1. The Morgan fingerprint density at radius 3 is 2.69 bits per heavy atom. The highest BCUT2D eigenvalue weighted by Crippen LogP contribution is 2.32. The molecule has 0 radical (unpaired) electrons. The van der Waals surface area contributed by atoms with Crippen molar-refractivity contribution < 1.29 is 4.74 Å². The van der Waals surface area contributed by atoms with Gasteiger partial charge in [0.05, 0.1) is 12.0 Å². The van der Waals surface area contributed by atoms with Crippen LogP contribution in [0.15, 0.2) is 11.2 Å². The lowest BCUT2D eigenvalue weighted by Gasteiger charge is -2.22. The van der Waals surface area contributed by atoms with Gasteiger partial charge in [0, 0.05) is 31.1 Å². The Balaban J connectivity index is 1.76. The summed E-state index contributed by atoms with van der Waals surface area (Å²) in [6.07, 6.45) is 11.3. The van der Waals surface area contributed by atoms with Gasteiger partial charge in [0.1, 0.15) is 10.6 Å². The molecule has 0 aromatic carbocycles. The molecule has 3 rings (SSSR count). The number of rotatable bonds is 8. The lowest BCUT2D eigenvalue weighted by molar-refractivity contribution is 0.199. The minimum atomic E-state index is 0.534. The maximum Gasteiger partial charge on any atom is 0.190 e. The van der Waals surface area contributed by atoms with Crippen molar-refractivity contribution in [3.8, 4) is 0 Å². The molecule has 1 aliphatic carbocycles. The van der Waals surface area contributed by atoms with Gasteiger partial charge in [-0.2, -0.15) is 0 Å². The summed E-state index contributed by atoms with van der Waals surface area (Å²) in [6, 6.07) is 2.78. The van der Waals surface area contributed by atoms with Crippen molar-refractivity contribution in [3.05, 3.63) is 10.9 Å². The molecule has 0 amide bonds. The van der Waals surface area contributed by atoms with Gasteiger partial charge in [0.15, 0.2) is 5.16 Å². The molecular weight excluding hydrogens is 364 g/mol. The third-order valence-corrected chi connectivity index (χ3v) is 6.41. The Morgan fingerprint density at radius 2 is 1.96 bits per heavy atom. The zero-order valence-corrected chi connectivity index (χ0v) is 17.5. The van der Waals surface area contributed by atoms with E-state index in [1.165, 1.54) is 55.2 Å². The van der Waals surface area contributed by atoms with Crippen molar-refractivity contribution in [1.29, 1.82) is 0 Å². The maximum absolute atomic E-state index is 5.10. The van der Waals surface area contributed by atoms with E-state index in [1.54, 1.807) is 30.2 Å². The molecule has 0 unspecified atom stereocenters. The van der Waals surface area contributed by atoms with E-state index in [1.807, 2.05) is 6.26 Å². The summed E-state index contributed by atoms with van der Waals surface area (Å²) in [5.74, 6) is 1.02. The van der Waals surface area contributed by atoms with E-state index in [0.717, 1.165) is 35.5 Å². The van der Waals surface area contributed by atoms with E-state index in [-0.39, 0.29) is 0 Å². The Kier molecular flexibility index (Phi) is 7.98. The predicted molar refractivity (Wildman–Crippen MR) is 113 cm³/mol. The van der Waals surface area contributed by atoms with Crippen LogP contribution in [-0.4, -0.2) is 42.5 Å². The summed E-state index contributed by atoms with van der Waals surface area (Å²) in [6.45, 7) is 2.44. The van der Waals surface area contributed by atoms with Crippen molar-refractivity contribution in [3.63, 3.8) is 0 Å².